The number of hydrogen-bond acceptors (Lipinski definition) is 3. The van der Waals surface area contributed by atoms with Gasteiger partial charge in [-0.25, -0.2) is 0 Å². The Labute approximate surface area is 118 Å². The maximum atomic E-state index is 9.71. The van der Waals surface area contributed by atoms with Crippen LogP contribution in [0.4, 0.5) is 0 Å². The summed E-state index contributed by atoms with van der Waals surface area (Å²) in [6.45, 7) is 9.67. The highest BCUT2D eigenvalue weighted by Gasteiger charge is 2.47. The highest BCUT2D eigenvalue weighted by atomic mass is 15.2. The Morgan fingerprint density at radius 3 is 2.42 bits per heavy atom. The highest BCUT2D eigenvalue weighted by molar-refractivity contribution is 5.17. The maximum absolute atomic E-state index is 9.71. The Balaban J connectivity index is 1.98. The summed E-state index contributed by atoms with van der Waals surface area (Å²) in [6.07, 6.45) is 6.36. The van der Waals surface area contributed by atoms with E-state index in [-0.39, 0.29) is 5.54 Å². The van der Waals surface area contributed by atoms with Crippen molar-refractivity contribution in [1.82, 2.24) is 10.2 Å². The summed E-state index contributed by atoms with van der Waals surface area (Å²) < 4.78 is 0. The van der Waals surface area contributed by atoms with Crippen LogP contribution in [0.1, 0.15) is 52.9 Å². The minimum Gasteiger partial charge on any atom is -0.298 e. The second-order valence-corrected chi connectivity index (χ2v) is 6.77. The van der Waals surface area contributed by atoms with Crippen molar-refractivity contribution in [3.05, 3.63) is 0 Å². The van der Waals surface area contributed by atoms with E-state index < -0.39 is 0 Å². The van der Waals surface area contributed by atoms with E-state index in [1.165, 1.54) is 32.1 Å². The molecular formula is C16H29N3. The number of nitrogens with one attached hydrogen (secondary N) is 1. The van der Waals surface area contributed by atoms with Gasteiger partial charge in [-0.15, -0.1) is 0 Å². The zero-order chi connectivity index (χ0) is 13.9. The number of hydrogen-bond donors (Lipinski definition) is 1. The molecule has 1 unspecified atom stereocenters. The summed E-state index contributed by atoms with van der Waals surface area (Å²) >= 11 is 0. The van der Waals surface area contributed by atoms with Gasteiger partial charge in [-0.3, -0.25) is 10.2 Å². The average molecular weight is 263 g/mol. The Kier molecular flexibility index (Phi) is 4.86. The third kappa shape index (κ3) is 3.94. The monoisotopic (exact) mass is 263 g/mol. The molecule has 2 aliphatic carbocycles. The molecule has 0 saturated heterocycles. The van der Waals surface area contributed by atoms with Gasteiger partial charge in [0.25, 0.3) is 0 Å². The highest BCUT2D eigenvalue weighted by Crippen LogP contribution is 2.41. The molecule has 0 radical (unpaired) electrons. The first-order valence-electron chi connectivity index (χ1n) is 8.01. The van der Waals surface area contributed by atoms with E-state index in [0.29, 0.717) is 5.92 Å². The van der Waals surface area contributed by atoms with Crippen molar-refractivity contribution in [3.63, 3.8) is 0 Å². The molecule has 0 heterocycles. The molecule has 0 aliphatic heterocycles. The summed E-state index contributed by atoms with van der Waals surface area (Å²) in [5, 5.41) is 13.2. The predicted octanol–water partition coefficient (Wildman–Crippen LogP) is 2.78. The van der Waals surface area contributed by atoms with Gasteiger partial charge in [-0.2, -0.15) is 5.26 Å². The van der Waals surface area contributed by atoms with Gasteiger partial charge in [-0.1, -0.05) is 20.8 Å². The molecule has 2 rings (SSSR count). The van der Waals surface area contributed by atoms with Crippen LogP contribution in [0.3, 0.4) is 0 Å². The van der Waals surface area contributed by atoms with Crippen LogP contribution in [-0.2, 0) is 0 Å². The quantitative estimate of drug-likeness (QED) is 0.695. The van der Waals surface area contributed by atoms with Gasteiger partial charge in [0.15, 0.2) is 0 Å². The van der Waals surface area contributed by atoms with E-state index in [2.05, 4.69) is 37.1 Å². The third-order valence-corrected chi connectivity index (χ3v) is 4.48. The molecule has 0 aromatic rings. The summed E-state index contributed by atoms with van der Waals surface area (Å²) in [6, 6.07) is 3.38. The first kappa shape index (κ1) is 14.8. The van der Waals surface area contributed by atoms with Crippen molar-refractivity contribution >= 4 is 0 Å². The minimum absolute atomic E-state index is 0.283. The molecular weight excluding hydrogens is 234 g/mol. The summed E-state index contributed by atoms with van der Waals surface area (Å²) in [5.74, 6) is 1.33. The number of rotatable bonds is 9. The third-order valence-electron chi connectivity index (χ3n) is 4.48. The van der Waals surface area contributed by atoms with Gasteiger partial charge >= 0.3 is 0 Å². The topological polar surface area (TPSA) is 39.1 Å². The SMILES string of the molecule is CCNC(C#N)(CN(CCC(C)C)C1CC1)C1CC1. The molecule has 3 heteroatoms. The first-order chi connectivity index (χ1) is 9.11. The van der Waals surface area contributed by atoms with Crippen molar-refractivity contribution < 1.29 is 0 Å². The molecule has 3 nitrogen and oxygen atoms in total. The fourth-order valence-corrected chi connectivity index (χ4v) is 2.96. The van der Waals surface area contributed by atoms with Gasteiger partial charge in [0, 0.05) is 12.6 Å². The zero-order valence-electron chi connectivity index (χ0n) is 12.8. The Bertz CT molecular complexity index is 325. The van der Waals surface area contributed by atoms with E-state index in [1.54, 1.807) is 0 Å². The number of nitrogens with zero attached hydrogens (tertiary/aromatic N) is 2. The van der Waals surface area contributed by atoms with Crippen LogP contribution >= 0.6 is 0 Å². The molecule has 2 aliphatic rings. The summed E-state index contributed by atoms with van der Waals surface area (Å²) in [5.41, 5.74) is -0.283. The number of likely N-dealkylation sites (N-methyl/N-ethyl adjacent to an activating group) is 1. The van der Waals surface area contributed by atoms with Gasteiger partial charge < -0.3 is 0 Å². The molecule has 0 aromatic carbocycles. The van der Waals surface area contributed by atoms with E-state index in [9.17, 15) is 5.26 Å². The lowest BCUT2D eigenvalue weighted by atomic mass is 9.93. The molecule has 0 spiro atoms. The van der Waals surface area contributed by atoms with Gasteiger partial charge in [0.1, 0.15) is 5.54 Å². The summed E-state index contributed by atoms with van der Waals surface area (Å²) in [4.78, 5) is 2.59. The lowest BCUT2D eigenvalue weighted by Crippen LogP contribution is -2.55. The van der Waals surface area contributed by atoms with Crippen molar-refractivity contribution in [1.29, 1.82) is 5.26 Å². The van der Waals surface area contributed by atoms with Crippen LogP contribution in [0.5, 0.6) is 0 Å². The predicted molar refractivity (Wildman–Crippen MR) is 78.8 cm³/mol. The molecule has 108 valence electrons. The van der Waals surface area contributed by atoms with E-state index in [0.717, 1.165) is 31.6 Å². The Morgan fingerprint density at radius 2 is 2.00 bits per heavy atom. The molecule has 2 fully saturated rings. The second-order valence-electron chi connectivity index (χ2n) is 6.77. The lowest BCUT2D eigenvalue weighted by molar-refractivity contribution is 0.181. The van der Waals surface area contributed by atoms with E-state index >= 15 is 0 Å². The molecule has 2 saturated carbocycles. The van der Waals surface area contributed by atoms with Gasteiger partial charge in [-0.05, 0) is 57.0 Å². The van der Waals surface area contributed by atoms with Crippen LogP contribution in [0.25, 0.3) is 0 Å². The van der Waals surface area contributed by atoms with Crippen LogP contribution in [0.2, 0.25) is 0 Å². The Hall–Kier alpha value is -0.590. The van der Waals surface area contributed by atoms with Crippen molar-refractivity contribution in [2.75, 3.05) is 19.6 Å². The fourth-order valence-electron chi connectivity index (χ4n) is 2.96. The lowest BCUT2D eigenvalue weighted by Gasteiger charge is -2.34. The average Bonchev–Trinajstić information content (AvgIpc) is 3.24. The largest absolute Gasteiger partial charge is 0.298 e. The van der Waals surface area contributed by atoms with Crippen LogP contribution < -0.4 is 5.32 Å². The second kappa shape index (κ2) is 6.24. The van der Waals surface area contributed by atoms with Gasteiger partial charge in [0.05, 0.1) is 6.07 Å². The normalized spacial score (nSPS) is 22.5. The zero-order valence-corrected chi connectivity index (χ0v) is 12.8. The smallest absolute Gasteiger partial charge is 0.122 e. The van der Waals surface area contributed by atoms with E-state index in [1.807, 2.05) is 0 Å². The number of nitriles is 1. The van der Waals surface area contributed by atoms with Crippen LogP contribution in [0.15, 0.2) is 0 Å². The fraction of sp³-hybridized carbons (Fsp3) is 0.938. The van der Waals surface area contributed by atoms with Crippen molar-refractivity contribution in [3.8, 4) is 6.07 Å². The Morgan fingerprint density at radius 1 is 1.32 bits per heavy atom. The van der Waals surface area contributed by atoms with Crippen LogP contribution in [-0.4, -0.2) is 36.1 Å². The van der Waals surface area contributed by atoms with Crippen molar-refractivity contribution in [2.45, 2.75) is 64.5 Å². The van der Waals surface area contributed by atoms with E-state index in [4.69, 9.17) is 0 Å². The molecule has 1 N–H and O–H groups in total. The molecule has 1 atom stereocenters. The van der Waals surface area contributed by atoms with Crippen LogP contribution in [0, 0.1) is 23.2 Å². The minimum atomic E-state index is -0.283. The van der Waals surface area contributed by atoms with Crippen molar-refractivity contribution in [2.24, 2.45) is 11.8 Å². The summed E-state index contributed by atoms with van der Waals surface area (Å²) in [7, 11) is 0. The maximum Gasteiger partial charge on any atom is 0.122 e. The molecule has 0 amide bonds. The first-order valence-corrected chi connectivity index (χ1v) is 8.01. The molecule has 19 heavy (non-hydrogen) atoms. The molecule has 0 aromatic heterocycles. The van der Waals surface area contributed by atoms with Gasteiger partial charge in [0.2, 0.25) is 0 Å². The molecule has 0 bridgehead atoms. The standard InChI is InChI=1S/C16H29N3/c1-4-18-16(11-17,14-5-6-14)12-19(15-7-8-15)10-9-13(2)3/h13-15,18H,4-10,12H2,1-3H3.